The fraction of sp³-hybridized carbons (Fsp3) is 0.846. The van der Waals surface area contributed by atoms with E-state index < -0.39 is 18.0 Å². The van der Waals surface area contributed by atoms with Crippen molar-refractivity contribution >= 4 is 11.9 Å². The SMILES string of the molecule is CCCCCCCCNC(=O)C(F)C(=O)OCC. The zero-order valence-electron chi connectivity index (χ0n) is 11.3. The van der Waals surface area contributed by atoms with Gasteiger partial charge in [-0.15, -0.1) is 0 Å². The molecule has 1 atom stereocenters. The van der Waals surface area contributed by atoms with Gasteiger partial charge in [-0.05, 0) is 13.3 Å². The topological polar surface area (TPSA) is 55.4 Å². The number of hydrogen-bond donors (Lipinski definition) is 1. The Hall–Kier alpha value is -1.13. The van der Waals surface area contributed by atoms with Crippen LogP contribution in [-0.4, -0.2) is 31.2 Å². The number of hydrogen-bond acceptors (Lipinski definition) is 3. The van der Waals surface area contributed by atoms with Gasteiger partial charge in [0, 0.05) is 6.54 Å². The third-order valence-corrected chi connectivity index (χ3v) is 2.55. The average molecular weight is 261 g/mol. The lowest BCUT2D eigenvalue weighted by atomic mass is 10.1. The molecule has 0 saturated heterocycles. The van der Waals surface area contributed by atoms with Crippen molar-refractivity contribution in [2.45, 2.75) is 58.5 Å². The summed E-state index contributed by atoms with van der Waals surface area (Å²) in [4.78, 5) is 22.1. The first kappa shape index (κ1) is 16.9. The minimum absolute atomic E-state index is 0.0734. The predicted octanol–water partition coefficient (Wildman–Crippen LogP) is 2.36. The number of halogens is 1. The van der Waals surface area contributed by atoms with Gasteiger partial charge < -0.3 is 10.1 Å². The highest BCUT2D eigenvalue weighted by molar-refractivity contribution is 6.00. The standard InChI is InChI=1S/C13H24FNO3/c1-3-5-6-7-8-9-10-15-12(16)11(14)13(17)18-4-2/h11H,3-10H2,1-2H3,(H,15,16). The lowest BCUT2D eigenvalue weighted by Gasteiger charge is -2.08. The van der Waals surface area contributed by atoms with Crippen LogP contribution in [0.4, 0.5) is 4.39 Å². The summed E-state index contributed by atoms with van der Waals surface area (Å²) in [5.74, 6) is -2.01. The maximum Gasteiger partial charge on any atom is 0.350 e. The normalized spacial score (nSPS) is 11.9. The lowest BCUT2D eigenvalue weighted by molar-refractivity contribution is -0.153. The quantitative estimate of drug-likeness (QED) is 0.373. The van der Waals surface area contributed by atoms with E-state index in [-0.39, 0.29) is 6.61 Å². The molecule has 0 bridgehead atoms. The van der Waals surface area contributed by atoms with Crippen molar-refractivity contribution in [1.29, 1.82) is 0 Å². The summed E-state index contributed by atoms with van der Waals surface area (Å²) in [6.07, 6.45) is 4.35. The van der Waals surface area contributed by atoms with Crippen LogP contribution >= 0.6 is 0 Å². The molecule has 18 heavy (non-hydrogen) atoms. The second kappa shape index (κ2) is 11.0. The van der Waals surface area contributed by atoms with Crippen molar-refractivity contribution in [2.75, 3.05) is 13.2 Å². The van der Waals surface area contributed by atoms with Crippen molar-refractivity contribution in [3.63, 3.8) is 0 Å². The Morgan fingerprint density at radius 2 is 1.72 bits per heavy atom. The minimum atomic E-state index is -2.20. The molecule has 0 aromatic carbocycles. The molecule has 0 aromatic rings. The van der Waals surface area contributed by atoms with E-state index in [1.807, 2.05) is 0 Å². The molecule has 0 aliphatic rings. The molecule has 0 fully saturated rings. The van der Waals surface area contributed by atoms with Gasteiger partial charge in [-0.1, -0.05) is 39.0 Å². The summed E-state index contributed by atoms with van der Waals surface area (Å²) in [5.41, 5.74) is 0. The van der Waals surface area contributed by atoms with Gasteiger partial charge in [0.25, 0.3) is 12.1 Å². The molecule has 0 rings (SSSR count). The van der Waals surface area contributed by atoms with Gasteiger partial charge in [0.2, 0.25) is 0 Å². The summed E-state index contributed by atoms with van der Waals surface area (Å²) in [5, 5.41) is 2.40. The number of carbonyl (C=O) groups excluding carboxylic acids is 2. The first-order valence-electron chi connectivity index (χ1n) is 6.71. The first-order chi connectivity index (χ1) is 8.63. The summed E-state index contributed by atoms with van der Waals surface area (Å²) in [7, 11) is 0. The molecule has 0 radical (unpaired) electrons. The fourth-order valence-corrected chi connectivity index (χ4v) is 1.53. The van der Waals surface area contributed by atoms with Crippen molar-refractivity contribution in [1.82, 2.24) is 5.32 Å². The van der Waals surface area contributed by atoms with E-state index in [2.05, 4.69) is 17.0 Å². The molecule has 0 aliphatic heterocycles. The van der Waals surface area contributed by atoms with Gasteiger partial charge in [0.05, 0.1) is 6.61 Å². The van der Waals surface area contributed by atoms with Crippen molar-refractivity contribution in [2.24, 2.45) is 0 Å². The molecule has 1 N–H and O–H groups in total. The molecule has 4 nitrogen and oxygen atoms in total. The van der Waals surface area contributed by atoms with Gasteiger partial charge in [0.1, 0.15) is 0 Å². The molecular formula is C13H24FNO3. The van der Waals surface area contributed by atoms with E-state index in [0.29, 0.717) is 6.54 Å². The van der Waals surface area contributed by atoms with E-state index in [0.717, 1.165) is 19.3 Å². The number of alkyl halides is 1. The predicted molar refractivity (Wildman–Crippen MR) is 67.9 cm³/mol. The molecule has 0 aliphatic carbocycles. The maximum absolute atomic E-state index is 13.2. The zero-order valence-corrected chi connectivity index (χ0v) is 11.3. The Bertz CT molecular complexity index is 246. The zero-order chi connectivity index (χ0) is 13.8. The van der Waals surface area contributed by atoms with Gasteiger partial charge in [-0.2, -0.15) is 0 Å². The Balaban J connectivity index is 3.55. The first-order valence-corrected chi connectivity index (χ1v) is 6.71. The highest BCUT2D eigenvalue weighted by Gasteiger charge is 2.26. The van der Waals surface area contributed by atoms with Crippen molar-refractivity contribution in [3.8, 4) is 0 Å². The van der Waals surface area contributed by atoms with Gasteiger partial charge >= 0.3 is 5.97 Å². The van der Waals surface area contributed by atoms with Crippen LogP contribution < -0.4 is 5.32 Å². The lowest BCUT2D eigenvalue weighted by Crippen LogP contribution is -2.38. The second-order valence-corrected chi connectivity index (χ2v) is 4.17. The Morgan fingerprint density at radius 3 is 2.33 bits per heavy atom. The number of rotatable bonds is 10. The largest absolute Gasteiger partial charge is 0.463 e. The highest BCUT2D eigenvalue weighted by Crippen LogP contribution is 2.04. The van der Waals surface area contributed by atoms with Crippen LogP contribution in [0.25, 0.3) is 0 Å². The molecule has 0 spiro atoms. The number of carbonyl (C=O) groups is 2. The van der Waals surface area contributed by atoms with Crippen LogP contribution in [0.15, 0.2) is 0 Å². The van der Waals surface area contributed by atoms with Crippen molar-refractivity contribution < 1.29 is 18.7 Å². The van der Waals surface area contributed by atoms with Gasteiger partial charge in [-0.3, -0.25) is 4.79 Å². The number of unbranched alkanes of at least 4 members (excludes halogenated alkanes) is 5. The van der Waals surface area contributed by atoms with E-state index in [9.17, 15) is 14.0 Å². The third-order valence-electron chi connectivity index (χ3n) is 2.55. The minimum Gasteiger partial charge on any atom is -0.463 e. The van der Waals surface area contributed by atoms with Crippen LogP contribution in [0, 0.1) is 0 Å². The summed E-state index contributed by atoms with van der Waals surface area (Å²) in [6, 6.07) is 0. The van der Waals surface area contributed by atoms with E-state index in [1.54, 1.807) is 6.92 Å². The van der Waals surface area contributed by atoms with Gasteiger partial charge in [0.15, 0.2) is 0 Å². The van der Waals surface area contributed by atoms with Crippen LogP contribution in [0.3, 0.4) is 0 Å². The Labute approximate surface area is 108 Å². The van der Waals surface area contributed by atoms with Crippen LogP contribution in [0.1, 0.15) is 52.4 Å². The monoisotopic (exact) mass is 261 g/mol. The summed E-state index contributed by atoms with van der Waals surface area (Å²) >= 11 is 0. The molecule has 1 amide bonds. The van der Waals surface area contributed by atoms with Crippen LogP contribution in [0.2, 0.25) is 0 Å². The Kier molecular flexibility index (Phi) is 10.3. The maximum atomic E-state index is 13.2. The molecule has 5 heteroatoms. The van der Waals surface area contributed by atoms with E-state index >= 15 is 0 Å². The van der Waals surface area contributed by atoms with Crippen LogP contribution in [-0.2, 0) is 14.3 Å². The fourth-order valence-electron chi connectivity index (χ4n) is 1.53. The average Bonchev–Trinajstić information content (AvgIpc) is 2.36. The molecule has 106 valence electrons. The summed E-state index contributed by atoms with van der Waals surface area (Å²) in [6.45, 7) is 4.20. The third kappa shape index (κ3) is 8.03. The summed E-state index contributed by atoms with van der Waals surface area (Å²) < 4.78 is 17.6. The smallest absolute Gasteiger partial charge is 0.350 e. The van der Waals surface area contributed by atoms with E-state index in [1.165, 1.54) is 19.3 Å². The Morgan fingerprint density at radius 1 is 1.11 bits per heavy atom. The number of amides is 1. The van der Waals surface area contributed by atoms with Crippen molar-refractivity contribution in [3.05, 3.63) is 0 Å². The molecular weight excluding hydrogens is 237 g/mol. The van der Waals surface area contributed by atoms with E-state index in [4.69, 9.17) is 0 Å². The number of nitrogens with one attached hydrogen (secondary N) is 1. The molecule has 0 saturated carbocycles. The molecule has 0 heterocycles. The molecule has 1 unspecified atom stereocenters. The van der Waals surface area contributed by atoms with Crippen LogP contribution in [0.5, 0.6) is 0 Å². The van der Waals surface area contributed by atoms with Gasteiger partial charge in [-0.25, -0.2) is 9.18 Å². The number of esters is 1. The molecule has 0 aromatic heterocycles. The highest BCUT2D eigenvalue weighted by atomic mass is 19.1. The number of ether oxygens (including phenoxy) is 1. The second-order valence-electron chi connectivity index (χ2n) is 4.17.